The molecular formula is C19H20N4O4S. The van der Waals surface area contributed by atoms with E-state index in [-0.39, 0.29) is 24.0 Å². The summed E-state index contributed by atoms with van der Waals surface area (Å²) in [6.45, 7) is -0.436. The van der Waals surface area contributed by atoms with Crippen LogP contribution in [0.1, 0.15) is 23.2 Å². The van der Waals surface area contributed by atoms with Gasteiger partial charge in [-0.3, -0.25) is 10.1 Å². The third kappa shape index (κ3) is 4.63. The molecule has 0 aliphatic rings. The minimum absolute atomic E-state index is 0.0742. The molecular weight excluding hydrogens is 380 g/mol. The number of aromatic nitrogens is 1. The molecule has 1 aromatic heterocycles. The predicted octanol–water partition coefficient (Wildman–Crippen LogP) is 3.34. The molecule has 2 unspecified atom stereocenters. The molecule has 0 spiro atoms. The monoisotopic (exact) mass is 400 g/mol. The second-order valence-electron chi connectivity index (χ2n) is 6.01. The lowest BCUT2D eigenvalue weighted by atomic mass is 10.1. The molecule has 0 amide bonds. The smallest absolute Gasteiger partial charge is 0.369 e. The van der Waals surface area contributed by atoms with E-state index in [2.05, 4.69) is 15.6 Å². The van der Waals surface area contributed by atoms with Gasteiger partial charge in [0.15, 0.2) is 5.13 Å². The van der Waals surface area contributed by atoms with Crippen LogP contribution >= 0.6 is 11.3 Å². The summed E-state index contributed by atoms with van der Waals surface area (Å²) in [5.74, 6) is 0.0742. The number of rotatable bonds is 9. The lowest BCUT2D eigenvalue weighted by Gasteiger charge is -2.16. The zero-order valence-electron chi connectivity index (χ0n) is 14.9. The van der Waals surface area contributed by atoms with Crippen molar-refractivity contribution in [3.8, 4) is 0 Å². The SMILES string of the molecule is O=[N+]([O-])c1sc(NC(CO)c2ccccc2)nc1NC(CO)c1ccccc1. The fourth-order valence-electron chi connectivity index (χ4n) is 2.75. The Balaban J connectivity index is 1.84. The zero-order chi connectivity index (χ0) is 19.9. The molecule has 0 saturated heterocycles. The zero-order valence-corrected chi connectivity index (χ0v) is 15.7. The number of anilines is 2. The Morgan fingerprint density at radius 1 is 0.929 bits per heavy atom. The highest BCUT2D eigenvalue weighted by atomic mass is 32.1. The average molecular weight is 400 g/mol. The largest absolute Gasteiger partial charge is 0.394 e. The first-order chi connectivity index (χ1) is 13.6. The van der Waals surface area contributed by atoms with Crippen molar-refractivity contribution in [2.24, 2.45) is 0 Å². The van der Waals surface area contributed by atoms with Crippen molar-refractivity contribution in [3.05, 3.63) is 81.9 Å². The number of hydrogen-bond donors (Lipinski definition) is 4. The Hall–Kier alpha value is -3.01. The highest BCUT2D eigenvalue weighted by Gasteiger charge is 2.25. The van der Waals surface area contributed by atoms with Crippen LogP contribution in [-0.4, -0.2) is 33.3 Å². The Bertz CT molecular complexity index is 905. The highest BCUT2D eigenvalue weighted by molar-refractivity contribution is 7.19. The number of hydrogen-bond acceptors (Lipinski definition) is 8. The molecule has 28 heavy (non-hydrogen) atoms. The summed E-state index contributed by atoms with van der Waals surface area (Å²) in [6.07, 6.45) is 0. The minimum atomic E-state index is -0.530. The van der Waals surface area contributed by atoms with Gasteiger partial charge in [-0.25, -0.2) is 0 Å². The van der Waals surface area contributed by atoms with Gasteiger partial charge in [-0.1, -0.05) is 60.7 Å². The maximum atomic E-state index is 11.5. The molecule has 0 radical (unpaired) electrons. The number of nitrogens with one attached hydrogen (secondary N) is 2. The van der Waals surface area contributed by atoms with Gasteiger partial charge in [0.05, 0.1) is 30.2 Å². The normalized spacial score (nSPS) is 12.9. The number of nitro groups is 1. The Kier molecular flexibility index (Phi) is 6.53. The second kappa shape index (κ2) is 9.27. The first-order valence-corrected chi connectivity index (χ1v) is 9.44. The van der Waals surface area contributed by atoms with E-state index in [1.807, 2.05) is 60.7 Å². The van der Waals surface area contributed by atoms with Crippen LogP contribution in [0.4, 0.5) is 16.0 Å². The van der Waals surface area contributed by atoms with E-state index < -0.39 is 17.0 Å². The maximum absolute atomic E-state index is 11.5. The van der Waals surface area contributed by atoms with Crippen LogP contribution in [0, 0.1) is 10.1 Å². The van der Waals surface area contributed by atoms with Crippen LogP contribution in [0.25, 0.3) is 0 Å². The number of benzene rings is 2. The summed E-state index contributed by atoms with van der Waals surface area (Å²) < 4.78 is 0. The van der Waals surface area contributed by atoms with Gasteiger partial charge in [0.1, 0.15) is 0 Å². The third-order valence-electron chi connectivity index (χ3n) is 4.15. The van der Waals surface area contributed by atoms with Crippen molar-refractivity contribution in [1.82, 2.24) is 4.98 Å². The molecule has 0 fully saturated rings. The molecule has 9 heteroatoms. The van der Waals surface area contributed by atoms with Gasteiger partial charge in [0.25, 0.3) is 0 Å². The highest BCUT2D eigenvalue weighted by Crippen LogP contribution is 2.37. The molecule has 2 atom stereocenters. The summed E-state index contributed by atoms with van der Waals surface area (Å²) >= 11 is 0.877. The standard InChI is InChI=1S/C19H20N4O4S/c24-11-15(13-7-3-1-4-8-13)20-17-18(23(26)27)28-19(22-17)21-16(12-25)14-9-5-2-6-10-14/h1-10,15-16,20,24-25H,11-12H2,(H,21,22). The molecule has 3 rings (SSSR count). The summed E-state index contributed by atoms with van der Waals surface area (Å²) in [5, 5.41) is 37.0. The molecule has 0 bridgehead atoms. The van der Waals surface area contributed by atoms with Crippen molar-refractivity contribution in [2.75, 3.05) is 23.8 Å². The number of thiazole rings is 1. The van der Waals surface area contributed by atoms with Gasteiger partial charge >= 0.3 is 5.00 Å². The van der Waals surface area contributed by atoms with Crippen molar-refractivity contribution in [1.29, 1.82) is 0 Å². The van der Waals surface area contributed by atoms with E-state index in [1.54, 1.807) is 0 Å². The van der Waals surface area contributed by atoms with Crippen molar-refractivity contribution in [2.45, 2.75) is 12.1 Å². The molecule has 4 N–H and O–H groups in total. The summed E-state index contributed by atoms with van der Waals surface area (Å²) in [7, 11) is 0. The Morgan fingerprint density at radius 3 is 1.89 bits per heavy atom. The molecule has 0 aliphatic carbocycles. The van der Waals surface area contributed by atoms with Crippen molar-refractivity contribution >= 4 is 27.3 Å². The Morgan fingerprint density at radius 2 is 1.43 bits per heavy atom. The minimum Gasteiger partial charge on any atom is -0.394 e. The molecule has 1 heterocycles. The number of aliphatic hydroxyl groups excluding tert-OH is 2. The van der Waals surface area contributed by atoms with E-state index in [1.165, 1.54) is 0 Å². The molecule has 0 aliphatic heterocycles. The van der Waals surface area contributed by atoms with Crippen LogP contribution in [-0.2, 0) is 0 Å². The van der Waals surface area contributed by atoms with Crippen LogP contribution in [0.15, 0.2) is 60.7 Å². The predicted molar refractivity (Wildman–Crippen MR) is 109 cm³/mol. The average Bonchev–Trinajstić information content (AvgIpc) is 3.14. The van der Waals surface area contributed by atoms with E-state index in [4.69, 9.17) is 0 Å². The first kappa shape index (κ1) is 19.7. The molecule has 8 nitrogen and oxygen atoms in total. The number of nitrogens with zero attached hydrogens (tertiary/aromatic N) is 2. The van der Waals surface area contributed by atoms with Crippen LogP contribution in [0.3, 0.4) is 0 Å². The van der Waals surface area contributed by atoms with Crippen molar-refractivity contribution < 1.29 is 15.1 Å². The molecule has 0 saturated carbocycles. The molecule has 2 aromatic carbocycles. The second-order valence-corrected chi connectivity index (χ2v) is 6.99. The first-order valence-electron chi connectivity index (χ1n) is 8.62. The van der Waals surface area contributed by atoms with Crippen molar-refractivity contribution in [3.63, 3.8) is 0 Å². The fraction of sp³-hybridized carbons (Fsp3) is 0.211. The van der Waals surface area contributed by atoms with Gasteiger partial charge in [-0.2, -0.15) is 4.98 Å². The maximum Gasteiger partial charge on any atom is 0.369 e. The quantitative estimate of drug-likeness (QED) is 0.321. The lowest BCUT2D eigenvalue weighted by Crippen LogP contribution is -2.16. The van der Waals surface area contributed by atoms with Crippen LogP contribution < -0.4 is 10.6 Å². The topological polar surface area (TPSA) is 121 Å². The van der Waals surface area contributed by atoms with E-state index in [0.29, 0.717) is 5.13 Å². The van der Waals surface area contributed by atoms with E-state index in [0.717, 1.165) is 22.5 Å². The van der Waals surface area contributed by atoms with Gasteiger partial charge in [0, 0.05) is 0 Å². The van der Waals surface area contributed by atoms with Gasteiger partial charge < -0.3 is 20.8 Å². The van der Waals surface area contributed by atoms with Crippen LogP contribution in [0.5, 0.6) is 0 Å². The van der Waals surface area contributed by atoms with Gasteiger partial charge in [-0.05, 0) is 22.5 Å². The number of aliphatic hydroxyl groups is 2. The Labute approximate surface area is 165 Å². The molecule has 146 valence electrons. The summed E-state index contributed by atoms with van der Waals surface area (Å²) in [6, 6.07) is 17.5. The fourth-order valence-corrected chi connectivity index (χ4v) is 3.54. The summed E-state index contributed by atoms with van der Waals surface area (Å²) in [4.78, 5) is 15.2. The third-order valence-corrected chi connectivity index (χ3v) is 5.09. The van der Waals surface area contributed by atoms with Gasteiger partial charge in [0.2, 0.25) is 5.82 Å². The van der Waals surface area contributed by atoms with Gasteiger partial charge in [-0.15, -0.1) is 0 Å². The van der Waals surface area contributed by atoms with E-state index in [9.17, 15) is 20.3 Å². The van der Waals surface area contributed by atoms with E-state index >= 15 is 0 Å². The summed E-state index contributed by atoms with van der Waals surface area (Å²) in [5.41, 5.74) is 1.63. The lowest BCUT2D eigenvalue weighted by molar-refractivity contribution is -0.379. The molecule has 3 aromatic rings. The van der Waals surface area contributed by atoms with Crippen LogP contribution in [0.2, 0.25) is 0 Å².